The number of hydrogen-bond acceptors (Lipinski definition) is 1. The summed E-state index contributed by atoms with van der Waals surface area (Å²) in [5, 5.41) is 0. The van der Waals surface area contributed by atoms with Gasteiger partial charge in [-0.2, -0.15) is 0 Å². The molecule has 120 valence electrons. The second-order valence-electron chi connectivity index (χ2n) is 6.19. The summed E-state index contributed by atoms with van der Waals surface area (Å²) in [4.78, 5) is 4.31. The highest BCUT2D eigenvalue weighted by Crippen LogP contribution is 2.11. The van der Waals surface area contributed by atoms with Crippen LogP contribution in [0.1, 0.15) is 67.8 Å². The van der Waals surface area contributed by atoms with Gasteiger partial charge in [0.2, 0.25) is 0 Å². The third kappa shape index (κ3) is 6.70. The van der Waals surface area contributed by atoms with Gasteiger partial charge in [-0.15, -0.1) is 0 Å². The predicted molar refractivity (Wildman–Crippen MR) is 98.5 cm³/mol. The highest BCUT2D eigenvalue weighted by Gasteiger charge is 1.95. The summed E-state index contributed by atoms with van der Waals surface area (Å²) in [6.07, 6.45) is 11.1. The van der Waals surface area contributed by atoms with Crippen molar-refractivity contribution in [2.45, 2.75) is 58.8 Å². The molecule has 0 spiro atoms. The molecule has 0 bridgehead atoms. The van der Waals surface area contributed by atoms with Crippen LogP contribution in [0.2, 0.25) is 0 Å². The van der Waals surface area contributed by atoms with E-state index in [1.165, 1.54) is 50.5 Å². The fourth-order valence-electron chi connectivity index (χ4n) is 2.54. The van der Waals surface area contributed by atoms with Gasteiger partial charge in [-0.25, -0.2) is 4.98 Å². The maximum atomic E-state index is 4.31. The lowest BCUT2D eigenvalue weighted by atomic mass is 10.0. The maximum absolute atomic E-state index is 4.31. The lowest BCUT2D eigenvalue weighted by Crippen LogP contribution is -1.87. The van der Waals surface area contributed by atoms with Gasteiger partial charge in [0.15, 0.2) is 0 Å². The summed E-state index contributed by atoms with van der Waals surface area (Å²) >= 11 is 0. The molecule has 0 unspecified atom stereocenters. The van der Waals surface area contributed by atoms with Gasteiger partial charge in [0.05, 0.1) is 0 Å². The van der Waals surface area contributed by atoms with E-state index in [0.717, 1.165) is 16.8 Å². The average molecular weight is 305 g/mol. The molecule has 0 saturated heterocycles. The van der Waals surface area contributed by atoms with Crippen LogP contribution >= 0.6 is 0 Å². The quantitative estimate of drug-likeness (QED) is 0.473. The Kier molecular flexibility index (Phi) is 7.40. The van der Waals surface area contributed by atoms with Crippen molar-refractivity contribution in [3.8, 4) is 11.8 Å². The van der Waals surface area contributed by atoms with Crippen LogP contribution in [0.25, 0.3) is 0 Å². The second-order valence-corrected chi connectivity index (χ2v) is 6.19. The third-order valence-electron chi connectivity index (χ3n) is 4.02. The summed E-state index contributed by atoms with van der Waals surface area (Å²) in [5.41, 5.74) is 4.46. The fourth-order valence-corrected chi connectivity index (χ4v) is 2.54. The van der Waals surface area contributed by atoms with E-state index >= 15 is 0 Å². The topological polar surface area (TPSA) is 12.9 Å². The Hall–Kier alpha value is -2.07. The second kappa shape index (κ2) is 9.85. The normalized spacial score (nSPS) is 10.2. The van der Waals surface area contributed by atoms with Crippen LogP contribution in [-0.4, -0.2) is 4.98 Å². The molecule has 0 saturated carbocycles. The van der Waals surface area contributed by atoms with Gasteiger partial charge < -0.3 is 0 Å². The van der Waals surface area contributed by atoms with E-state index in [1.54, 1.807) is 0 Å². The molecule has 0 aliphatic carbocycles. The van der Waals surface area contributed by atoms with Crippen molar-refractivity contribution < 1.29 is 0 Å². The van der Waals surface area contributed by atoms with E-state index in [-0.39, 0.29) is 0 Å². The van der Waals surface area contributed by atoms with Crippen molar-refractivity contribution in [1.82, 2.24) is 4.98 Å². The molecule has 0 N–H and O–H groups in total. The first-order valence-corrected chi connectivity index (χ1v) is 8.81. The molecule has 2 aromatic rings. The van der Waals surface area contributed by atoms with Crippen LogP contribution in [0, 0.1) is 18.8 Å². The molecule has 0 fully saturated rings. The Bertz CT molecular complexity index is 626. The monoisotopic (exact) mass is 305 g/mol. The predicted octanol–water partition coefficient (Wildman–Crippen LogP) is 5.69. The van der Waals surface area contributed by atoms with E-state index < -0.39 is 0 Å². The zero-order valence-electron chi connectivity index (χ0n) is 14.4. The first kappa shape index (κ1) is 17.3. The van der Waals surface area contributed by atoms with Crippen LogP contribution in [0.5, 0.6) is 0 Å². The molecule has 0 aliphatic rings. The molecule has 0 amide bonds. The number of nitrogens with zero attached hydrogens (tertiary/aromatic N) is 1. The fraction of sp³-hybridized carbons (Fsp3) is 0.409. The molecule has 1 aromatic carbocycles. The van der Waals surface area contributed by atoms with Crippen molar-refractivity contribution in [1.29, 1.82) is 0 Å². The van der Waals surface area contributed by atoms with Gasteiger partial charge in [0.1, 0.15) is 5.69 Å². The van der Waals surface area contributed by atoms with E-state index in [4.69, 9.17) is 0 Å². The summed E-state index contributed by atoms with van der Waals surface area (Å²) in [6, 6.07) is 12.7. The van der Waals surface area contributed by atoms with Crippen molar-refractivity contribution in [3.05, 3.63) is 65.0 Å². The minimum Gasteiger partial charge on any atom is -0.248 e. The standard InChI is InChI=1S/C22H27N/c1-3-4-5-6-7-8-9-20-11-13-21(14-12-20)15-17-22-16-10-19(2)18-23-22/h10-14,16,18H,3-9H2,1-2H3. The SMILES string of the molecule is CCCCCCCCc1ccc(C#Cc2ccc(C)cn2)cc1. The number of unbranched alkanes of at least 4 members (excludes halogenated alkanes) is 5. The number of benzene rings is 1. The van der Waals surface area contributed by atoms with Gasteiger partial charge in [-0.3, -0.25) is 0 Å². The summed E-state index contributed by atoms with van der Waals surface area (Å²) in [7, 11) is 0. The summed E-state index contributed by atoms with van der Waals surface area (Å²) < 4.78 is 0. The molecule has 0 atom stereocenters. The van der Waals surface area contributed by atoms with Gasteiger partial charge in [0.25, 0.3) is 0 Å². The minimum absolute atomic E-state index is 0.826. The highest BCUT2D eigenvalue weighted by atomic mass is 14.7. The number of aromatic nitrogens is 1. The Labute approximate surface area is 141 Å². The van der Waals surface area contributed by atoms with Gasteiger partial charge in [-0.05, 0) is 55.0 Å². The van der Waals surface area contributed by atoms with Crippen molar-refractivity contribution in [3.63, 3.8) is 0 Å². The molecule has 23 heavy (non-hydrogen) atoms. The Morgan fingerprint density at radius 1 is 0.826 bits per heavy atom. The molecule has 2 rings (SSSR count). The molecular weight excluding hydrogens is 278 g/mol. The molecule has 1 heterocycles. The average Bonchev–Trinajstić information content (AvgIpc) is 2.58. The maximum Gasteiger partial charge on any atom is 0.113 e. The van der Waals surface area contributed by atoms with Crippen molar-refractivity contribution >= 4 is 0 Å². The smallest absolute Gasteiger partial charge is 0.113 e. The number of pyridine rings is 1. The van der Waals surface area contributed by atoms with Crippen LogP contribution in [0.15, 0.2) is 42.6 Å². The molecule has 1 nitrogen and oxygen atoms in total. The first-order chi connectivity index (χ1) is 11.3. The molecule has 0 aliphatic heterocycles. The Morgan fingerprint density at radius 3 is 2.26 bits per heavy atom. The van der Waals surface area contributed by atoms with E-state index in [2.05, 4.69) is 48.0 Å². The highest BCUT2D eigenvalue weighted by molar-refractivity contribution is 5.41. The van der Waals surface area contributed by atoms with Gasteiger partial charge >= 0.3 is 0 Å². The molecule has 1 heteroatoms. The minimum atomic E-state index is 0.826. The van der Waals surface area contributed by atoms with Crippen LogP contribution in [-0.2, 0) is 6.42 Å². The Balaban J connectivity index is 1.79. The van der Waals surface area contributed by atoms with Crippen LogP contribution in [0.4, 0.5) is 0 Å². The lowest BCUT2D eigenvalue weighted by Gasteiger charge is -2.02. The largest absolute Gasteiger partial charge is 0.248 e. The molecule has 1 aromatic heterocycles. The Morgan fingerprint density at radius 2 is 1.57 bits per heavy atom. The zero-order chi connectivity index (χ0) is 16.3. The van der Waals surface area contributed by atoms with Gasteiger partial charge in [-0.1, -0.05) is 63.1 Å². The van der Waals surface area contributed by atoms with E-state index in [0.29, 0.717) is 0 Å². The van der Waals surface area contributed by atoms with Gasteiger partial charge in [0, 0.05) is 11.8 Å². The summed E-state index contributed by atoms with van der Waals surface area (Å²) in [6.45, 7) is 4.30. The molecular formula is C22H27N. The van der Waals surface area contributed by atoms with Crippen molar-refractivity contribution in [2.24, 2.45) is 0 Å². The lowest BCUT2D eigenvalue weighted by molar-refractivity contribution is 0.607. The third-order valence-corrected chi connectivity index (χ3v) is 4.02. The number of hydrogen-bond donors (Lipinski definition) is 0. The summed E-state index contributed by atoms with van der Waals surface area (Å²) in [5.74, 6) is 6.30. The number of rotatable bonds is 7. The zero-order valence-corrected chi connectivity index (χ0v) is 14.4. The number of aryl methyl sites for hydroxylation is 2. The molecule has 0 radical (unpaired) electrons. The van der Waals surface area contributed by atoms with Crippen molar-refractivity contribution in [2.75, 3.05) is 0 Å². The van der Waals surface area contributed by atoms with Crippen LogP contribution in [0.3, 0.4) is 0 Å². The van der Waals surface area contributed by atoms with Crippen LogP contribution < -0.4 is 0 Å². The van der Waals surface area contributed by atoms with E-state index in [9.17, 15) is 0 Å². The van der Waals surface area contributed by atoms with E-state index in [1.807, 2.05) is 25.3 Å². The first-order valence-electron chi connectivity index (χ1n) is 8.81.